The zero-order valence-corrected chi connectivity index (χ0v) is 17.0. The minimum atomic E-state index is -0.559. The second kappa shape index (κ2) is 10.7. The molecule has 3 N–H and O–H groups in total. The average molecular weight is 405 g/mol. The van der Waals surface area contributed by atoms with Crippen molar-refractivity contribution in [2.24, 2.45) is 5.92 Å². The Morgan fingerprint density at radius 2 is 2.18 bits per heavy atom. The molecule has 0 radical (unpaired) electrons. The molecule has 3 atom stereocenters. The number of H-pyrrole nitrogens is 1. The Labute approximate surface area is 166 Å². The lowest BCUT2D eigenvalue weighted by molar-refractivity contribution is 0.0544. The maximum atomic E-state index is 11.0. The van der Waals surface area contributed by atoms with Gasteiger partial charge in [0.2, 0.25) is 5.82 Å². The Bertz CT molecular complexity index is 724. The van der Waals surface area contributed by atoms with E-state index in [1.165, 1.54) is 19.3 Å². The Hall–Kier alpha value is -1.73. The van der Waals surface area contributed by atoms with Gasteiger partial charge in [-0.05, 0) is 42.5 Å². The second-order valence-corrected chi connectivity index (χ2v) is 7.86. The van der Waals surface area contributed by atoms with Gasteiger partial charge in [-0.25, -0.2) is 4.57 Å². The number of nitrogens with zero attached hydrogens (tertiary/aromatic N) is 3. The van der Waals surface area contributed by atoms with Crippen LogP contribution in [0, 0.1) is 5.92 Å². The maximum absolute atomic E-state index is 11.0. The van der Waals surface area contributed by atoms with Crippen LogP contribution < -0.4 is 5.32 Å². The summed E-state index contributed by atoms with van der Waals surface area (Å²) in [4.78, 5) is 0. The summed E-state index contributed by atoms with van der Waals surface area (Å²) >= 11 is 0. The first kappa shape index (κ1) is 21.0. The predicted molar refractivity (Wildman–Crippen MR) is 106 cm³/mol. The molecule has 0 aliphatic heterocycles. The molecule has 152 valence electrons. The van der Waals surface area contributed by atoms with Crippen LogP contribution in [-0.2, 0) is 9.09 Å². The van der Waals surface area contributed by atoms with E-state index in [9.17, 15) is 9.67 Å². The van der Waals surface area contributed by atoms with Crippen LogP contribution in [0.3, 0.4) is 0 Å². The van der Waals surface area contributed by atoms with E-state index in [2.05, 4.69) is 25.9 Å². The molecular formula is C19H28N5O3P. The molecule has 1 saturated carbocycles. The summed E-state index contributed by atoms with van der Waals surface area (Å²) in [5.74, 6) is 0.937. The van der Waals surface area contributed by atoms with Gasteiger partial charge in [0.25, 0.3) is 0 Å². The van der Waals surface area contributed by atoms with Crippen molar-refractivity contribution < 1.29 is 14.2 Å². The maximum Gasteiger partial charge on any atom is 0.327 e. The van der Waals surface area contributed by atoms with E-state index in [1.54, 1.807) is 0 Å². The van der Waals surface area contributed by atoms with Gasteiger partial charge in [0.15, 0.2) is 0 Å². The summed E-state index contributed by atoms with van der Waals surface area (Å²) in [6.45, 7) is 2.49. The van der Waals surface area contributed by atoms with Crippen LogP contribution in [0.15, 0.2) is 24.3 Å². The number of rotatable bonds is 10. The molecule has 8 nitrogen and oxygen atoms in total. The van der Waals surface area contributed by atoms with Gasteiger partial charge in [-0.15, -0.1) is 10.2 Å². The Balaban J connectivity index is 1.52. The minimum absolute atomic E-state index is 0.0492. The number of tetrazole rings is 1. The van der Waals surface area contributed by atoms with Gasteiger partial charge >= 0.3 is 8.69 Å². The van der Waals surface area contributed by atoms with Crippen molar-refractivity contribution in [3.63, 3.8) is 0 Å². The first-order chi connectivity index (χ1) is 13.7. The summed E-state index contributed by atoms with van der Waals surface area (Å²) in [7, 11) is -0.305. The molecule has 28 heavy (non-hydrogen) atoms. The SMILES string of the molecule is CC(NC[C@@H](O)CC(OP=O)C1CCCCC1)c1cccc(-c2nn[nH]n2)c1. The van der Waals surface area contributed by atoms with Crippen LogP contribution in [0.2, 0.25) is 0 Å². The molecule has 0 saturated heterocycles. The first-order valence-electron chi connectivity index (χ1n) is 9.91. The van der Waals surface area contributed by atoms with Crippen molar-refractivity contribution in [3.8, 4) is 11.4 Å². The third-order valence-electron chi connectivity index (χ3n) is 5.51. The lowest BCUT2D eigenvalue weighted by Crippen LogP contribution is -2.34. The first-order valence-corrected chi connectivity index (χ1v) is 10.6. The van der Waals surface area contributed by atoms with E-state index in [1.807, 2.05) is 31.2 Å². The third-order valence-corrected chi connectivity index (χ3v) is 5.87. The number of hydrogen-bond acceptors (Lipinski definition) is 7. The van der Waals surface area contributed by atoms with Gasteiger partial charge in [0, 0.05) is 24.6 Å². The molecule has 3 rings (SSSR count). The van der Waals surface area contributed by atoms with Gasteiger partial charge < -0.3 is 10.4 Å². The topological polar surface area (TPSA) is 113 Å². The van der Waals surface area contributed by atoms with Crippen LogP contribution in [0.25, 0.3) is 11.4 Å². The largest absolute Gasteiger partial charge is 0.392 e. The number of hydrogen-bond donors (Lipinski definition) is 3. The van der Waals surface area contributed by atoms with E-state index in [4.69, 9.17) is 4.52 Å². The minimum Gasteiger partial charge on any atom is -0.392 e. The molecule has 0 amide bonds. The highest BCUT2D eigenvalue weighted by atomic mass is 31.1. The second-order valence-electron chi connectivity index (χ2n) is 7.50. The number of aliphatic hydroxyl groups excluding tert-OH is 1. The molecule has 1 aromatic carbocycles. The number of aromatic amines is 1. The van der Waals surface area contributed by atoms with Crippen LogP contribution in [0.1, 0.15) is 57.1 Å². The fraction of sp³-hybridized carbons (Fsp3) is 0.632. The number of aliphatic hydroxyl groups is 1. The zero-order chi connectivity index (χ0) is 19.8. The van der Waals surface area contributed by atoms with E-state index < -0.39 is 6.10 Å². The smallest absolute Gasteiger partial charge is 0.327 e. The molecule has 1 heterocycles. The summed E-state index contributed by atoms with van der Waals surface area (Å²) < 4.78 is 16.4. The van der Waals surface area contributed by atoms with Crippen LogP contribution in [-0.4, -0.2) is 44.5 Å². The summed E-state index contributed by atoms with van der Waals surface area (Å²) in [6, 6.07) is 7.98. The fourth-order valence-corrected chi connectivity index (χ4v) is 4.26. The summed E-state index contributed by atoms with van der Waals surface area (Å²) in [5, 5.41) is 27.9. The number of benzene rings is 1. The molecule has 1 aromatic heterocycles. The van der Waals surface area contributed by atoms with E-state index in [0.717, 1.165) is 24.0 Å². The van der Waals surface area contributed by atoms with E-state index >= 15 is 0 Å². The molecule has 1 aliphatic carbocycles. The van der Waals surface area contributed by atoms with Crippen LogP contribution in [0.5, 0.6) is 0 Å². The summed E-state index contributed by atoms with van der Waals surface area (Å²) in [6.07, 6.45) is 5.56. The van der Waals surface area contributed by atoms with Gasteiger partial charge in [-0.1, -0.05) is 37.5 Å². The lowest BCUT2D eigenvalue weighted by atomic mass is 9.83. The Morgan fingerprint density at radius 3 is 2.89 bits per heavy atom. The highest BCUT2D eigenvalue weighted by molar-refractivity contribution is 7.17. The molecule has 2 unspecified atom stereocenters. The highest BCUT2D eigenvalue weighted by Crippen LogP contribution is 2.31. The van der Waals surface area contributed by atoms with Crippen molar-refractivity contribution >= 4 is 8.69 Å². The Morgan fingerprint density at radius 1 is 1.36 bits per heavy atom. The van der Waals surface area contributed by atoms with Gasteiger partial charge in [0.1, 0.15) is 0 Å². The standard InChI is InChI=1S/C19H28N5O3P/c1-13(15-8-5-9-16(10-15)19-21-23-24-22-19)20-12-17(25)11-18(27-28-26)14-6-3-2-4-7-14/h5,8-10,13-14,17-18,20,25H,2-4,6-7,11-12H2,1H3,(H,21,22,23,24)/t13?,17-,18?/m0/s1. The normalized spacial score (nSPS) is 18.8. The van der Waals surface area contributed by atoms with Crippen molar-refractivity contribution in [2.45, 2.75) is 63.7 Å². The quantitative estimate of drug-likeness (QED) is 0.519. The van der Waals surface area contributed by atoms with Gasteiger partial charge in [-0.3, -0.25) is 4.52 Å². The number of nitrogens with one attached hydrogen (secondary N) is 2. The molecule has 0 bridgehead atoms. The monoisotopic (exact) mass is 405 g/mol. The molecule has 0 spiro atoms. The lowest BCUT2D eigenvalue weighted by Gasteiger charge is -2.30. The molecular weight excluding hydrogens is 377 g/mol. The van der Waals surface area contributed by atoms with Crippen molar-refractivity contribution in [1.82, 2.24) is 25.9 Å². The summed E-state index contributed by atoms with van der Waals surface area (Å²) in [5.41, 5.74) is 1.97. The van der Waals surface area contributed by atoms with Crippen molar-refractivity contribution in [3.05, 3.63) is 29.8 Å². The fourth-order valence-electron chi connectivity index (χ4n) is 3.90. The zero-order valence-electron chi connectivity index (χ0n) is 16.1. The molecule has 1 aliphatic rings. The van der Waals surface area contributed by atoms with Gasteiger partial charge in [0.05, 0.1) is 12.2 Å². The number of aromatic nitrogens is 4. The van der Waals surface area contributed by atoms with Crippen molar-refractivity contribution in [1.29, 1.82) is 0 Å². The highest BCUT2D eigenvalue weighted by Gasteiger charge is 2.27. The van der Waals surface area contributed by atoms with E-state index in [-0.39, 0.29) is 20.8 Å². The van der Waals surface area contributed by atoms with Crippen LogP contribution >= 0.6 is 8.69 Å². The predicted octanol–water partition coefficient (Wildman–Crippen LogP) is 3.44. The van der Waals surface area contributed by atoms with E-state index in [0.29, 0.717) is 24.7 Å². The average Bonchev–Trinajstić information content (AvgIpc) is 3.27. The molecule has 9 heteroatoms. The Kier molecular flexibility index (Phi) is 8.03. The van der Waals surface area contributed by atoms with Crippen molar-refractivity contribution in [2.75, 3.05) is 6.54 Å². The molecule has 1 fully saturated rings. The van der Waals surface area contributed by atoms with Crippen LogP contribution in [0.4, 0.5) is 0 Å². The molecule has 2 aromatic rings. The van der Waals surface area contributed by atoms with Gasteiger partial charge in [-0.2, -0.15) is 5.21 Å². The third kappa shape index (κ3) is 5.88.